The van der Waals surface area contributed by atoms with Crippen molar-refractivity contribution < 1.29 is 23.8 Å². The van der Waals surface area contributed by atoms with Gasteiger partial charge in [0.25, 0.3) is 5.78 Å². The third-order valence-corrected chi connectivity index (χ3v) is 8.98. The molecule has 1 aromatic heterocycles. The number of aromatic nitrogens is 2. The van der Waals surface area contributed by atoms with E-state index in [4.69, 9.17) is 4.74 Å². The number of hydrogen-bond donors (Lipinski definition) is 1. The van der Waals surface area contributed by atoms with Gasteiger partial charge in [0.05, 0.1) is 18.2 Å². The number of ether oxygens (including phenoxy) is 1. The third kappa shape index (κ3) is 6.39. The number of aliphatic hydroxyl groups excluding tert-OH is 1. The van der Waals surface area contributed by atoms with Gasteiger partial charge in [0.15, 0.2) is 4.34 Å². The van der Waals surface area contributed by atoms with Crippen LogP contribution in [0.1, 0.15) is 54.5 Å². The van der Waals surface area contributed by atoms with Crippen LogP contribution < -0.4 is 9.64 Å². The number of rotatable bonds is 11. The molecule has 5 rings (SSSR count). The summed E-state index contributed by atoms with van der Waals surface area (Å²) in [6, 6.07) is 19.8. The molecule has 0 spiro atoms. The minimum Gasteiger partial charge on any atom is -0.507 e. The van der Waals surface area contributed by atoms with Crippen molar-refractivity contribution in [3.05, 3.63) is 106 Å². The largest absolute Gasteiger partial charge is 0.507 e. The maximum Gasteiger partial charge on any atom is 0.301 e. The van der Waals surface area contributed by atoms with Crippen molar-refractivity contribution >= 4 is 45.7 Å². The molecule has 0 saturated carbocycles. The Morgan fingerprint density at radius 1 is 1.05 bits per heavy atom. The first-order valence-electron chi connectivity index (χ1n) is 13.7. The predicted octanol–water partition coefficient (Wildman–Crippen LogP) is 7.47. The molecule has 1 aliphatic heterocycles. The van der Waals surface area contributed by atoms with Gasteiger partial charge in [0, 0.05) is 11.3 Å². The van der Waals surface area contributed by atoms with E-state index in [1.54, 1.807) is 48.5 Å². The number of hydrogen-bond acceptors (Lipinski definition) is 8. The zero-order valence-corrected chi connectivity index (χ0v) is 24.9. The summed E-state index contributed by atoms with van der Waals surface area (Å²) in [5.41, 5.74) is 2.49. The summed E-state index contributed by atoms with van der Waals surface area (Å²) in [5, 5.41) is 20.0. The molecule has 3 aromatic carbocycles. The summed E-state index contributed by atoms with van der Waals surface area (Å²) in [5.74, 6) is -1.29. The van der Waals surface area contributed by atoms with E-state index in [1.807, 2.05) is 25.1 Å². The van der Waals surface area contributed by atoms with Gasteiger partial charge >= 0.3 is 5.91 Å². The number of carbonyl (C=O) groups excluding carboxylic acids is 2. The first-order chi connectivity index (χ1) is 20.4. The molecule has 4 aromatic rings. The lowest BCUT2D eigenvalue weighted by molar-refractivity contribution is -0.132. The Kier molecular flexibility index (Phi) is 9.34. The van der Waals surface area contributed by atoms with Crippen LogP contribution in [0.5, 0.6) is 5.75 Å². The van der Waals surface area contributed by atoms with Crippen molar-refractivity contribution in [1.29, 1.82) is 0 Å². The maximum atomic E-state index is 14.1. The first-order valence-corrected chi connectivity index (χ1v) is 15.5. The quantitative estimate of drug-likeness (QED) is 0.0475. The highest BCUT2D eigenvalue weighted by Crippen LogP contribution is 2.44. The van der Waals surface area contributed by atoms with Gasteiger partial charge in [-0.1, -0.05) is 103 Å². The summed E-state index contributed by atoms with van der Waals surface area (Å²) < 4.78 is 20.6. The number of aliphatic hydroxyl groups is 1. The van der Waals surface area contributed by atoms with E-state index in [0.717, 1.165) is 36.2 Å². The Labute approximate surface area is 252 Å². The second-order valence-electron chi connectivity index (χ2n) is 9.89. The third-order valence-electron chi connectivity index (χ3n) is 6.87. The van der Waals surface area contributed by atoms with Crippen LogP contribution in [0.2, 0.25) is 0 Å². The van der Waals surface area contributed by atoms with Crippen LogP contribution >= 0.6 is 23.1 Å². The Morgan fingerprint density at radius 3 is 2.60 bits per heavy atom. The Morgan fingerprint density at radius 2 is 1.83 bits per heavy atom. The molecule has 0 aliphatic carbocycles. The fourth-order valence-electron chi connectivity index (χ4n) is 4.64. The van der Waals surface area contributed by atoms with Crippen LogP contribution in [-0.4, -0.2) is 33.6 Å². The van der Waals surface area contributed by atoms with E-state index in [-0.39, 0.29) is 22.3 Å². The molecule has 1 saturated heterocycles. The van der Waals surface area contributed by atoms with Crippen LogP contribution in [0.15, 0.2) is 82.7 Å². The Balaban J connectivity index is 1.52. The van der Waals surface area contributed by atoms with Crippen molar-refractivity contribution in [3.8, 4) is 5.75 Å². The van der Waals surface area contributed by atoms with Crippen molar-refractivity contribution in [1.82, 2.24) is 10.2 Å². The van der Waals surface area contributed by atoms with Crippen LogP contribution in [-0.2, 0) is 15.3 Å². The van der Waals surface area contributed by atoms with Crippen molar-refractivity contribution in [3.63, 3.8) is 0 Å². The topological polar surface area (TPSA) is 92.6 Å². The van der Waals surface area contributed by atoms with E-state index < -0.39 is 17.7 Å². The van der Waals surface area contributed by atoms with E-state index in [0.29, 0.717) is 39.1 Å². The van der Waals surface area contributed by atoms with Crippen molar-refractivity contribution in [2.45, 2.75) is 49.2 Å². The lowest BCUT2D eigenvalue weighted by Gasteiger charge is -2.23. The number of Topliss-reactive ketones (excluding diaryl/α,β-unsaturated/α-hetero) is 1. The first kappa shape index (κ1) is 29.5. The monoisotopic (exact) mass is 603 g/mol. The average Bonchev–Trinajstić information content (AvgIpc) is 3.57. The normalized spacial score (nSPS) is 16.3. The number of aryl methyl sites for hydroxylation is 1. The highest BCUT2D eigenvalue weighted by molar-refractivity contribution is 8.00. The molecule has 1 atom stereocenters. The molecular formula is C32H30FN3O4S2. The molecule has 2 heterocycles. The number of nitrogens with zero attached hydrogens (tertiary/aromatic N) is 3. The van der Waals surface area contributed by atoms with Crippen molar-refractivity contribution in [2.75, 3.05) is 11.5 Å². The van der Waals surface area contributed by atoms with Crippen molar-refractivity contribution in [2.24, 2.45) is 0 Å². The number of ketones is 1. The summed E-state index contributed by atoms with van der Waals surface area (Å²) in [7, 11) is 0. The zero-order chi connectivity index (χ0) is 29.6. The molecule has 1 fully saturated rings. The minimum atomic E-state index is -0.956. The van der Waals surface area contributed by atoms with Crippen LogP contribution in [0.3, 0.4) is 0 Å². The summed E-state index contributed by atoms with van der Waals surface area (Å²) in [6.07, 6.45) is 3.02. The molecule has 216 valence electrons. The fourth-order valence-corrected chi connectivity index (χ4v) is 6.50. The minimum absolute atomic E-state index is 0.0391. The lowest BCUT2D eigenvalue weighted by atomic mass is 9.95. The molecule has 10 heteroatoms. The van der Waals surface area contributed by atoms with E-state index >= 15 is 0 Å². The maximum absolute atomic E-state index is 14.1. The second-order valence-corrected chi connectivity index (χ2v) is 12.1. The molecule has 1 amide bonds. The van der Waals surface area contributed by atoms with Gasteiger partial charge in [0.1, 0.15) is 17.3 Å². The number of anilines is 1. The number of carbonyl (C=O) groups is 2. The molecule has 0 radical (unpaired) electrons. The molecule has 1 unspecified atom stereocenters. The summed E-state index contributed by atoms with van der Waals surface area (Å²) in [4.78, 5) is 28.3. The molecule has 1 N–H and O–H groups in total. The van der Waals surface area contributed by atoms with E-state index in [9.17, 15) is 19.1 Å². The highest BCUT2D eigenvalue weighted by Gasteiger charge is 2.48. The SMILES string of the molecule is CCCCCOc1cccc(C2C(=C(O)c3ccc(C)cc3)C(=O)C(=O)N2c2nnc(SCc3ccccc3F)s2)c1. The number of amides is 1. The number of benzene rings is 3. The zero-order valence-electron chi connectivity index (χ0n) is 23.2. The van der Waals surface area contributed by atoms with Gasteiger partial charge in [-0.2, -0.15) is 0 Å². The molecule has 0 bridgehead atoms. The lowest BCUT2D eigenvalue weighted by Crippen LogP contribution is -2.29. The summed E-state index contributed by atoms with van der Waals surface area (Å²) >= 11 is 2.42. The number of thioether (sulfide) groups is 1. The fraction of sp³-hybridized carbons (Fsp3) is 0.250. The van der Waals surface area contributed by atoms with Crippen LogP contribution in [0, 0.1) is 12.7 Å². The number of unbranched alkanes of at least 4 members (excludes halogenated alkanes) is 2. The molecule has 7 nitrogen and oxygen atoms in total. The van der Waals surface area contributed by atoms with Gasteiger partial charge in [-0.3, -0.25) is 14.5 Å². The number of halogens is 1. The van der Waals surface area contributed by atoms with E-state index in [1.165, 1.54) is 22.7 Å². The smallest absolute Gasteiger partial charge is 0.301 e. The van der Waals surface area contributed by atoms with E-state index in [2.05, 4.69) is 17.1 Å². The predicted molar refractivity (Wildman–Crippen MR) is 163 cm³/mol. The summed E-state index contributed by atoms with van der Waals surface area (Å²) in [6.45, 7) is 4.58. The van der Waals surface area contributed by atoms with Gasteiger partial charge in [0.2, 0.25) is 5.13 Å². The van der Waals surface area contributed by atoms with Gasteiger partial charge in [-0.15, -0.1) is 10.2 Å². The van der Waals surface area contributed by atoms with Gasteiger partial charge in [-0.05, 0) is 42.7 Å². The van der Waals surface area contributed by atoms with Crippen LogP contribution in [0.25, 0.3) is 5.76 Å². The average molecular weight is 604 g/mol. The van der Waals surface area contributed by atoms with Gasteiger partial charge in [-0.25, -0.2) is 4.39 Å². The Hall–Kier alpha value is -4.02. The second kappa shape index (κ2) is 13.3. The molecule has 42 heavy (non-hydrogen) atoms. The standard InChI is InChI=1S/C32H30FN3O4S2/c1-3-4-7-17-40-24-11-8-10-22(18-24)27-26(28(37)21-15-13-20(2)14-16-21)29(38)30(39)36(27)31-34-35-32(42-31)41-19-23-9-5-6-12-25(23)33/h5-6,8-16,18,27,37H,3-4,7,17,19H2,1-2H3. The molecule has 1 aliphatic rings. The van der Waals surface area contributed by atoms with Gasteiger partial charge < -0.3 is 9.84 Å². The highest BCUT2D eigenvalue weighted by atomic mass is 32.2. The molecular weight excluding hydrogens is 574 g/mol. The Bertz CT molecular complexity index is 1620. The van der Waals surface area contributed by atoms with Crippen LogP contribution in [0.4, 0.5) is 9.52 Å².